The molecule has 23 heavy (non-hydrogen) atoms. The zero-order valence-corrected chi connectivity index (χ0v) is 14.6. The molecular formula is C17H23N3O2S. The molecule has 0 saturated carbocycles. The van der Waals surface area contributed by atoms with E-state index in [1.807, 2.05) is 11.5 Å². The molecule has 0 spiro atoms. The van der Waals surface area contributed by atoms with Crippen LogP contribution in [-0.4, -0.2) is 22.0 Å². The van der Waals surface area contributed by atoms with Gasteiger partial charge in [0.05, 0.1) is 10.3 Å². The van der Waals surface area contributed by atoms with Crippen LogP contribution in [0.25, 0.3) is 10.2 Å². The van der Waals surface area contributed by atoms with Gasteiger partial charge in [-0.15, -0.1) is 11.3 Å². The summed E-state index contributed by atoms with van der Waals surface area (Å²) in [6.45, 7) is 5.37. The molecule has 3 heterocycles. The van der Waals surface area contributed by atoms with E-state index in [2.05, 4.69) is 12.2 Å². The molecule has 0 atom stereocenters. The normalized spacial score (nSPS) is 14.5. The monoisotopic (exact) mass is 333 g/mol. The summed E-state index contributed by atoms with van der Waals surface area (Å²) in [6.07, 6.45) is 6.09. The number of rotatable bonds is 4. The lowest BCUT2D eigenvalue weighted by Crippen LogP contribution is -2.25. The second-order valence-electron chi connectivity index (χ2n) is 6.14. The highest BCUT2D eigenvalue weighted by Gasteiger charge is 2.21. The Kier molecular flexibility index (Phi) is 4.80. The summed E-state index contributed by atoms with van der Waals surface area (Å²) >= 11 is 1.35. The van der Waals surface area contributed by atoms with E-state index in [0.29, 0.717) is 21.6 Å². The van der Waals surface area contributed by atoms with Crippen molar-refractivity contribution in [1.29, 1.82) is 0 Å². The number of carbonyl (C=O) groups is 1. The lowest BCUT2D eigenvalue weighted by Gasteiger charge is -2.08. The highest BCUT2D eigenvalue weighted by Crippen LogP contribution is 2.28. The number of aryl methyl sites for hydroxylation is 2. The molecule has 3 rings (SSSR count). The first-order chi connectivity index (χ1) is 11.1. The fraction of sp³-hybridized carbons (Fsp3) is 0.588. The van der Waals surface area contributed by atoms with Crippen molar-refractivity contribution < 1.29 is 4.79 Å². The fourth-order valence-electron chi connectivity index (χ4n) is 3.09. The standard InChI is InChI=1S/C17H23N3O2S/c1-3-4-9-18-15(21)14-11(2)13-16(23-14)19-12-8-6-5-7-10-20(12)17(13)22/h3-10H2,1-2H3,(H,18,21). The highest BCUT2D eigenvalue weighted by molar-refractivity contribution is 7.20. The van der Waals surface area contributed by atoms with Crippen LogP contribution >= 0.6 is 11.3 Å². The Morgan fingerprint density at radius 1 is 1.35 bits per heavy atom. The number of nitrogens with one attached hydrogen (secondary N) is 1. The molecule has 5 nitrogen and oxygen atoms in total. The average molecular weight is 333 g/mol. The van der Waals surface area contributed by atoms with Crippen LogP contribution in [0.4, 0.5) is 0 Å². The van der Waals surface area contributed by atoms with Crippen LogP contribution in [0.3, 0.4) is 0 Å². The molecule has 1 aliphatic heterocycles. The maximum Gasteiger partial charge on any atom is 0.262 e. The number of nitrogens with zero attached hydrogens (tertiary/aromatic N) is 2. The Bertz CT molecular complexity index is 791. The molecule has 124 valence electrons. The van der Waals surface area contributed by atoms with E-state index in [1.165, 1.54) is 11.3 Å². The van der Waals surface area contributed by atoms with Gasteiger partial charge in [-0.25, -0.2) is 4.98 Å². The van der Waals surface area contributed by atoms with Gasteiger partial charge >= 0.3 is 0 Å². The largest absolute Gasteiger partial charge is 0.351 e. The average Bonchev–Trinajstić information content (AvgIpc) is 2.71. The Morgan fingerprint density at radius 2 is 2.17 bits per heavy atom. The minimum Gasteiger partial charge on any atom is -0.351 e. The van der Waals surface area contributed by atoms with E-state index in [9.17, 15) is 9.59 Å². The minimum atomic E-state index is -0.0847. The van der Waals surface area contributed by atoms with Gasteiger partial charge in [0, 0.05) is 19.5 Å². The zero-order chi connectivity index (χ0) is 16.4. The maximum absolute atomic E-state index is 12.8. The molecule has 0 radical (unpaired) electrons. The van der Waals surface area contributed by atoms with Gasteiger partial charge in [0.15, 0.2) is 0 Å². The van der Waals surface area contributed by atoms with Crippen molar-refractivity contribution in [1.82, 2.24) is 14.9 Å². The summed E-state index contributed by atoms with van der Waals surface area (Å²) in [5, 5.41) is 3.56. The van der Waals surface area contributed by atoms with Crippen LogP contribution in [-0.2, 0) is 13.0 Å². The zero-order valence-electron chi connectivity index (χ0n) is 13.8. The van der Waals surface area contributed by atoms with Crippen LogP contribution < -0.4 is 10.9 Å². The summed E-state index contributed by atoms with van der Waals surface area (Å²) < 4.78 is 1.81. The van der Waals surface area contributed by atoms with E-state index in [1.54, 1.807) is 0 Å². The predicted octanol–water partition coefficient (Wildman–Crippen LogP) is 3.02. The molecule has 0 aliphatic carbocycles. The Hall–Kier alpha value is -1.69. The quantitative estimate of drug-likeness (QED) is 0.875. The third kappa shape index (κ3) is 3.04. The van der Waals surface area contributed by atoms with Gasteiger partial charge < -0.3 is 5.32 Å². The third-order valence-electron chi connectivity index (χ3n) is 4.43. The Morgan fingerprint density at radius 3 is 2.96 bits per heavy atom. The summed E-state index contributed by atoms with van der Waals surface area (Å²) in [5.41, 5.74) is 0.796. The molecule has 0 aromatic carbocycles. The molecule has 6 heteroatoms. The number of hydrogen-bond donors (Lipinski definition) is 1. The van der Waals surface area contributed by atoms with Gasteiger partial charge in [0.1, 0.15) is 10.7 Å². The molecule has 0 fully saturated rings. The molecule has 1 amide bonds. The van der Waals surface area contributed by atoms with Crippen molar-refractivity contribution in [2.75, 3.05) is 6.54 Å². The second kappa shape index (κ2) is 6.83. The van der Waals surface area contributed by atoms with Crippen molar-refractivity contribution in [3.63, 3.8) is 0 Å². The minimum absolute atomic E-state index is 0.0215. The van der Waals surface area contributed by atoms with Crippen molar-refractivity contribution in [2.24, 2.45) is 0 Å². The molecule has 0 unspecified atom stereocenters. The van der Waals surface area contributed by atoms with Gasteiger partial charge in [0.2, 0.25) is 0 Å². The van der Waals surface area contributed by atoms with Gasteiger partial charge in [-0.05, 0) is 31.7 Å². The van der Waals surface area contributed by atoms with Crippen LogP contribution in [0.1, 0.15) is 60.1 Å². The van der Waals surface area contributed by atoms with Crippen molar-refractivity contribution in [3.8, 4) is 0 Å². The Labute approximate surface area is 139 Å². The van der Waals surface area contributed by atoms with Crippen molar-refractivity contribution in [2.45, 2.75) is 58.9 Å². The summed E-state index contributed by atoms with van der Waals surface area (Å²) in [5.74, 6) is 0.790. The van der Waals surface area contributed by atoms with Crippen molar-refractivity contribution in [3.05, 3.63) is 26.6 Å². The van der Waals surface area contributed by atoms with Crippen molar-refractivity contribution >= 4 is 27.5 Å². The molecule has 0 saturated heterocycles. The predicted molar refractivity (Wildman–Crippen MR) is 93.4 cm³/mol. The van der Waals surface area contributed by atoms with E-state index in [4.69, 9.17) is 4.98 Å². The first-order valence-electron chi connectivity index (χ1n) is 8.44. The van der Waals surface area contributed by atoms with Crippen LogP contribution in [0, 0.1) is 6.92 Å². The lowest BCUT2D eigenvalue weighted by atomic mass is 10.2. The number of carbonyl (C=O) groups excluding carboxylic acids is 1. The first kappa shape index (κ1) is 16.2. The lowest BCUT2D eigenvalue weighted by molar-refractivity contribution is 0.0957. The number of fused-ring (bicyclic) bond motifs is 2. The molecule has 1 aliphatic rings. The summed E-state index contributed by atoms with van der Waals surface area (Å²) in [4.78, 5) is 31.2. The summed E-state index contributed by atoms with van der Waals surface area (Å²) in [7, 11) is 0. The third-order valence-corrected chi connectivity index (χ3v) is 5.62. The fourth-order valence-corrected chi connectivity index (χ4v) is 4.19. The smallest absolute Gasteiger partial charge is 0.262 e. The topological polar surface area (TPSA) is 64.0 Å². The van der Waals surface area contributed by atoms with Crippen LogP contribution in [0.5, 0.6) is 0 Å². The van der Waals surface area contributed by atoms with Crippen LogP contribution in [0.15, 0.2) is 4.79 Å². The molecule has 2 aromatic heterocycles. The molecule has 0 bridgehead atoms. The number of hydrogen-bond acceptors (Lipinski definition) is 4. The first-order valence-corrected chi connectivity index (χ1v) is 9.26. The van der Waals surface area contributed by atoms with Gasteiger partial charge in [0.25, 0.3) is 11.5 Å². The Balaban J connectivity index is 2.03. The van der Waals surface area contributed by atoms with E-state index < -0.39 is 0 Å². The number of aromatic nitrogens is 2. The number of amides is 1. The van der Waals surface area contributed by atoms with Gasteiger partial charge in [-0.2, -0.15) is 0 Å². The van der Waals surface area contributed by atoms with E-state index in [0.717, 1.165) is 56.5 Å². The second-order valence-corrected chi connectivity index (χ2v) is 7.14. The molecule has 1 N–H and O–H groups in total. The maximum atomic E-state index is 12.8. The van der Waals surface area contributed by atoms with Gasteiger partial charge in [-0.1, -0.05) is 19.8 Å². The van der Waals surface area contributed by atoms with E-state index >= 15 is 0 Å². The van der Waals surface area contributed by atoms with E-state index in [-0.39, 0.29) is 11.5 Å². The number of unbranched alkanes of at least 4 members (excludes halogenated alkanes) is 1. The summed E-state index contributed by atoms with van der Waals surface area (Å²) in [6, 6.07) is 0. The van der Waals surface area contributed by atoms with Gasteiger partial charge in [-0.3, -0.25) is 14.2 Å². The van der Waals surface area contributed by atoms with Crippen LogP contribution in [0.2, 0.25) is 0 Å². The molecule has 2 aromatic rings. The molecular weight excluding hydrogens is 310 g/mol. The highest BCUT2D eigenvalue weighted by atomic mass is 32.1. The SMILES string of the molecule is CCCCNC(=O)c1sc2nc3n(c(=O)c2c1C)CCCCC3. The number of thiophene rings is 1.